The zero-order valence-corrected chi connectivity index (χ0v) is 12.9. The van der Waals surface area contributed by atoms with Crippen molar-refractivity contribution < 1.29 is 0 Å². The SMILES string of the molecule is N#Cc1ccc(N(c2ccc3sccc3c2)n2ccnc2)cc1. The Morgan fingerprint density at radius 2 is 1.87 bits per heavy atom. The number of anilines is 2. The maximum absolute atomic E-state index is 8.99. The molecule has 0 fully saturated rings. The number of rotatable bonds is 3. The molecule has 0 saturated heterocycles. The molecule has 23 heavy (non-hydrogen) atoms. The summed E-state index contributed by atoms with van der Waals surface area (Å²) < 4.78 is 3.19. The van der Waals surface area contributed by atoms with Gasteiger partial charge in [-0.2, -0.15) is 5.26 Å². The van der Waals surface area contributed by atoms with E-state index < -0.39 is 0 Å². The van der Waals surface area contributed by atoms with Crippen LogP contribution < -0.4 is 5.01 Å². The second-order valence-corrected chi connectivity index (χ2v) is 6.00. The topological polar surface area (TPSA) is 44.9 Å². The first kappa shape index (κ1) is 13.6. The van der Waals surface area contributed by atoms with Crippen molar-refractivity contribution >= 4 is 32.8 Å². The Labute approximate surface area is 137 Å². The monoisotopic (exact) mass is 316 g/mol. The average Bonchev–Trinajstić information content (AvgIpc) is 3.27. The molecule has 110 valence electrons. The third-order valence-electron chi connectivity index (χ3n) is 3.64. The van der Waals surface area contributed by atoms with E-state index in [9.17, 15) is 0 Å². The molecule has 2 heterocycles. The second kappa shape index (κ2) is 5.59. The summed E-state index contributed by atoms with van der Waals surface area (Å²) in [5.41, 5.74) is 2.66. The summed E-state index contributed by atoms with van der Waals surface area (Å²) in [6.07, 6.45) is 5.41. The van der Waals surface area contributed by atoms with E-state index in [1.54, 1.807) is 23.9 Å². The third kappa shape index (κ3) is 2.45. The molecule has 4 nitrogen and oxygen atoms in total. The Bertz CT molecular complexity index is 978. The molecule has 0 spiro atoms. The number of thiophene rings is 1. The van der Waals surface area contributed by atoms with Crippen LogP contribution in [0.2, 0.25) is 0 Å². The van der Waals surface area contributed by atoms with Crippen molar-refractivity contribution in [1.29, 1.82) is 5.26 Å². The van der Waals surface area contributed by atoms with Gasteiger partial charge in [0.15, 0.2) is 0 Å². The van der Waals surface area contributed by atoms with Crippen LogP contribution in [0.4, 0.5) is 11.4 Å². The Hall–Kier alpha value is -3.10. The molecule has 5 heteroatoms. The summed E-state index contributed by atoms with van der Waals surface area (Å²) in [4.78, 5) is 4.15. The molecule has 4 aromatic rings. The van der Waals surface area contributed by atoms with Gasteiger partial charge in [0.2, 0.25) is 0 Å². The molecule has 0 N–H and O–H groups in total. The van der Waals surface area contributed by atoms with Crippen molar-refractivity contribution in [2.75, 3.05) is 5.01 Å². The van der Waals surface area contributed by atoms with Crippen LogP contribution in [-0.2, 0) is 0 Å². The largest absolute Gasteiger partial charge is 0.249 e. The minimum absolute atomic E-state index is 0.646. The van der Waals surface area contributed by atoms with Gasteiger partial charge in [-0.25, -0.2) is 14.7 Å². The van der Waals surface area contributed by atoms with Crippen LogP contribution in [0.5, 0.6) is 0 Å². The Balaban J connectivity index is 1.86. The first-order valence-electron chi connectivity index (χ1n) is 7.11. The highest BCUT2D eigenvalue weighted by molar-refractivity contribution is 7.17. The van der Waals surface area contributed by atoms with Crippen LogP contribution in [0.15, 0.2) is 72.6 Å². The molecular weight excluding hydrogens is 304 g/mol. The van der Waals surface area contributed by atoms with Gasteiger partial charge in [0, 0.05) is 17.1 Å². The van der Waals surface area contributed by atoms with Crippen molar-refractivity contribution in [3.8, 4) is 6.07 Å². The van der Waals surface area contributed by atoms with E-state index in [1.165, 1.54) is 10.1 Å². The number of fused-ring (bicyclic) bond motifs is 1. The van der Waals surface area contributed by atoms with Crippen molar-refractivity contribution in [1.82, 2.24) is 9.66 Å². The maximum Gasteiger partial charge on any atom is 0.115 e. The summed E-state index contributed by atoms with van der Waals surface area (Å²) in [6, 6.07) is 18.2. The molecule has 4 rings (SSSR count). The van der Waals surface area contributed by atoms with Crippen LogP contribution in [0.25, 0.3) is 10.1 Å². The lowest BCUT2D eigenvalue weighted by molar-refractivity contribution is 0.815. The number of hydrogen-bond donors (Lipinski definition) is 0. The summed E-state index contributed by atoms with van der Waals surface area (Å²) in [5.74, 6) is 0. The van der Waals surface area contributed by atoms with Gasteiger partial charge in [-0.1, -0.05) is 0 Å². The standard InChI is InChI=1S/C18H12N4S/c19-12-14-1-3-16(4-2-14)22(21-9-8-20-13-21)17-5-6-18-15(11-17)7-10-23-18/h1-11,13H. The summed E-state index contributed by atoms with van der Waals surface area (Å²) in [5, 5.41) is 14.4. The first-order valence-corrected chi connectivity index (χ1v) is 7.99. The number of imidazole rings is 1. The summed E-state index contributed by atoms with van der Waals surface area (Å²) >= 11 is 1.73. The quantitative estimate of drug-likeness (QED) is 0.556. The molecule has 0 aliphatic heterocycles. The van der Waals surface area contributed by atoms with E-state index >= 15 is 0 Å². The van der Waals surface area contributed by atoms with Crippen LogP contribution in [0.1, 0.15) is 5.56 Å². The minimum atomic E-state index is 0.646. The zero-order valence-electron chi connectivity index (χ0n) is 12.1. The van der Waals surface area contributed by atoms with E-state index in [0.29, 0.717) is 5.56 Å². The van der Waals surface area contributed by atoms with Gasteiger partial charge in [-0.3, -0.25) is 0 Å². The molecule has 0 bridgehead atoms. The Morgan fingerprint density at radius 3 is 2.61 bits per heavy atom. The van der Waals surface area contributed by atoms with Gasteiger partial charge in [-0.15, -0.1) is 11.3 Å². The molecule has 0 unspecified atom stereocenters. The number of nitrogens with zero attached hydrogens (tertiary/aromatic N) is 4. The summed E-state index contributed by atoms with van der Waals surface area (Å²) in [6.45, 7) is 0. The molecule has 0 saturated carbocycles. The van der Waals surface area contributed by atoms with E-state index in [2.05, 4.69) is 45.7 Å². The van der Waals surface area contributed by atoms with Gasteiger partial charge >= 0.3 is 0 Å². The van der Waals surface area contributed by atoms with E-state index in [4.69, 9.17) is 5.26 Å². The molecule has 0 aliphatic rings. The second-order valence-electron chi connectivity index (χ2n) is 5.06. The van der Waals surface area contributed by atoms with Crippen molar-refractivity contribution in [3.05, 3.63) is 78.2 Å². The minimum Gasteiger partial charge on any atom is -0.249 e. The molecule has 0 amide bonds. The lowest BCUT2D eigenvalue weighted by Crippen LogP contribution is -2.22. The lowest BCUT2D eigenvalue weighted by Gasteiger charge is -2.25. The fourth-order valence-corrected chi connectivity index (χ4v) is 3.32. The highest BCUT2D eigenvalue weighted by Gasteiger charge is 2.12. The van der Waals surface area contributed by atoms with E-state index in [-0.39, 0.29) is 0 Å². The highest BCUT2D eigenvalue weighted by atomic mass is 32.1. The molecule has 0 radical (unpaired) electrons. The normalized spacial score (nSPS) is 10.6. The van der Waals surface area contributed by atoms with Gasteiger partial charge < -0.3 is 0 Å². The van der Waals surface area contributed by atoms with E-state index in [1.807, 2.05) is 35.1 Å². The average molecular weight is 316 g/mol. The Morgan fingerprint density at radius 1 is 1.04 bits per heavy atom. The van der Waals surface area contributed by atoms with E-state index in [0.717, 1.165) is 11.4 Å². The van der Waals surface area contributed by atoms with Gasteiger partial charge in [-0.05, 0) is 59.3 Å². The number of aromatic nitrogens is 2. The lowest BCUT2D eigenvalue weighted by atomic mass is 10.2. The van der Waals surface area contributed by atoms with Crippen LogP contribution in [-0.4, -0.2) is 9.66 Å². The zero-order chi connectivity index (χ0) is 15.6. The fraction of sp³-hybridized carbons (Fsp3) is 0. The molecule has 0 atom stereocenters. The highest BCUT2D eigenvalue weighted by Crippen LogP contribution is 2.31. The number of nitriles is 1. The smallest absolute Gasteiger partial charge is 0.115 e. The first-order chi connectivity index (χ1) is 11.3. The fourth-order valence-electron chi connectivity index (χ4n) is 2.55. The van der Waals surface area contributed by atoms with Crippen LogP contribution >= 0.6 is 11.3 Å². The maximum atomic E-state index is 8.99. The molecule has 2 aromatic heterocycles. The van der Waals surface area contributed by atoms with Crippen molar-refractivity contribution in [2.24, 2.45) is 0 Å². The number of hydrogen-bond acceptors (Lipinski definition) is 4. The summed E-state index contributed by atoms with van der Waals surface area (Å²) in [7, 11) is 0. The van der Waals surface area contributed by atoms with Gasteiger partial charge in [0.25, 0.3) is 0 Å². The number of benzene rings is 2. The molecule has 0 aliphatic carbocycles. The van der Waals surface area contributed by atoms with Crippen LogP contribution in [0, 0.1) is 11.3 Å². The van der Waals surface area contributed by atoms with Crippen molar-refractivity contribution in [3.63, 3.8) is 0 Å². The Kier molecular flexibility index (Phi) is 3.30. The molecular formula is C18H12N4S. The van der Waals surface area contributed by atoms with Crippen molar-refractivity contribution in [2.45, 2.75) is 0 Å². The van der Waals surface area contributed by atoms with Crippen LogP contribution in [0.3, 0.4) is 0 Å². The van der Waals surface area contributed by atoms with Gasteiger partial charge in [0.05, 0.1) is 23.0 Å². The predicted octanol–water partition coefficient (Wildman–Crippen LogP) is 4.57. The van der Waals surface area contributed by atoms with Gasteiger partial charge in [0.1, 0.15) is 6.33 Å². The molecule has 2 aromatic carbocycles. The third-order valence-corrected chi connectivity index (χ3v) is 4.54. The predicted molar refractivity (Wildman–Crippen MR) is 92.7 cm³/mol.